The first-order chi connectivity index (χ1) is 13.2. The molecule has 0 aliphatic rings. The smallest absolute Gasteiger partial charge is 0.376 e. The van der Waals surface area contributed by atoms with Gasteiger partial charge in [-0.2, -0.15) is 21.6 Å². The molecular weight excluding hydrogens is 435 g/mol. The molecule has 1 heterocycles. The van der Waals surface area contributed by atoms with Crippen molar-refractivity contribution in [2.45, 2.75) is 18.5 Å². The monoisotopic (exact) mass is 449 g/mol. The molecular formula is C18H15ClF3NO3S2. The lowest BCUT2D eigenvalue weighted by Gasteiger charge is -2.11. The highest BCUT2D eigenvalue weighted by Gasteiger charge is 2.46. The zero-order chi connectivity index (χ0) is 20.4. The number of ether oxygens (including phenoxy) is 1. The van der Waals surface area contributed by atoms with Gasteiger partial charge in [0.2, 0.25) is 0 Å². The molecule has 3 rings (SSSR count). The molecule has 0 aliphatic carbocycles. The molecule has 10 heteroatoms. The van der Waals surface area contributed by atoms with Crippen molar-refractivity contribution in [3.05, 3.63) is 64.0 Å². The van der Waals surface area contributed by atoms with Crippen molar-refractivity contribution in [1.29, 1.82) is 0 Å². The number of hydrogen-bond acceptors (Lipinski definition) is 4. The van der Waals surface area contributed by atoms with E-state index in [0.29, 0.717) is 30.2 Å². The molecule has 150 valence electrons. The molecule has 2 aromatic carbocycles. The van der Waals surface area contributed by atoms with E-state index < -0.39 is 15.5 Å². The summed E-state index contributed by atoms with van der Waals surface area (Å²) >= 11 is 7.89. The fraction of sp³-hybridized carbons (Fsp3) is 0.222. The van der Waals surface area contributed by atoms with Crippen LogP contribution in [0, 0.1) is 0 Å². The van der Waals surface area contributed by atoms with Crippen LogP contribution in [-0.2, 0) is 27.8 Å². The molecule has 0 unspecified atom stereocenters. The topological polar surface area (TPSA) is 55.4 Å². The molecule has 0 spiro atoms. The Labute approximate surface area is 168 Å². The maximum Gasteiger partial charge on any atom is 0.516 e. The predicted octanol–water partition coefficient (Wildman–Crippen LogP) is 5.58. The van der Waals surface area contributed by atoms with Crippen LogP contribution >= 0.6 is 22.9 Å². The van der Waals surface area contributed by atoms with Crippen LogP contribution in [0.1, 0.15) is 10.4 Å². The Morgan fingerprint density at radius 1 is 1.11 bits per heavy atom. The Kier molecular flexibility index (Phi) is 6.18. The minimum atomic E-state index is -5.44. The molecule has 3 aromatic rings. The number of benzene rings is 2. The fourth-order valence-corrected chi connectivity index (χ4v) is 4.49. The lowest BCUT2D eigenvalue weighted by Crippen LogP contribution is -2.29. The van der Waals surface area contributed by atoms with E-state index in [1.807, 2.05) is 24.3 Å². The van der Waals surface area contributed by atoms with Gasteiger partial charge in [-0.1, -0.05) is 41.9 Å². The summed E-state index contributed by atoms with van der Waals surface area (Å²) in [5.41, 5.74) is -4.87. The first-order valence-electron chi connectivity index (χ1n) is 8.09. The van der Waals surface area contributed by atoms with Crippen molar-refractivity contribution in [1.82, 2.24) is 0 Å². The summed E-state index contributed by atoms with van der Waals surface area (Å²) in [6, 6.07) is 13.5. The van der Waals surface area contributed by atoms with E-state index >= 15 is 0 Å². The fourth-order valence-electron chi connectivity index (χ4n) is 2.52. The van der Waals surface area contributed by atoms with Gasteiger partial charge in [0, 0.05) is 15.8 Å². The van der Waals surface area contributed by atoms with Gasteiger partial charge in [0.25, 0.3) is 0 Å². The third-order valence-corrected chi connectivity index (χ3v) is 6.66. The third kappa shape index (κ3) is 4.78. The second kappa shape index (κ2) is 8.28. The van der Waals surface area contributed by atoms with E-state index in [4.69, 9.17) is 16.3 Å². The van der Waals surface area contributed by atoms with Gasteiger partial charge in [0.05, 0.1) is 23.1 Å². The van der Waals surface area contributed by atoms with Gasteiger partial charge in [-0.05, 0) is 30.2 Å². The van der Waals surface area contributed by atoms with Crippen LogP contribution in [0.5, 0.6) is 0 Å². The van der Waals surface area contributed by atoms with E-state index in [0.717, 1.165) is 15.0 Å². The van der Waals surface area contributed by atoms with Crippen molar-refractivity contribution >= 4 is 48.7 Å². The van der Waals surface area contributed by atoms with E-state index in [1.165, 1.54) is 22.9 Å². The van der Waals surface area contributed by atoms with Crippen molar-refractivity contribution < 1.29 is 26.3 Å². The molecule has 0 bridgehead atoms. The summed E-state index contributed by atoms with van der Waals surface area (Å²) in [5, 5.41) is 1.63. The minimum Gasteiger partial charge on any atom is -0.376 e. The van der Waals surface area contributed by atoms with Crippen LogP contribution in [0.3, 0.4) is 0 Å². The summed E-state index contributed by atoms with van der Waals surface area (Å²) in [4.78, 5) is 0.898. The average molecular weight is 450 g/mol. The van der Waals surface area contributed by atoms with E-state index in [1.54, 1.807) is 17.4 Å². The molecule has 1 aromatic heterocycles. The Hall–Kier alpha value is -1.81. The number of hydrogen-bond donors (Lipinski definition) is 1. The molecule has 4 nitrogen and oxygen atoms in total. The van der Waals surface area contributed by atoms with Gasteiger partial charge in [0.15, 0.2) is 0 Å². The summed E-state index contributed by atoms with van der Waals surface area (Å²) in [7, 11) is -5.44. The zero-order valence-electron chi connectivity index (χ0n) is 14.3. The number of nitrogens with one attached hydrogen (secondary N) is 1. The summed E-state index contributed by atoms with van der Waals surface area (Å²) in [6.45, 7) is 0.624. The highest BCUT2D eigenvalue weighted by molar-refractivity contribution is 7.93. The van der Waals surface area contributed by atoms with E-state index in [9.17, 15) is 21.6 Å². The van der Waals surface area contributed by atoms with Crippen LogP contribution in [-0.4, -0.2) is 20.5 Å². The minimum absolute atomic E-state index is 0.151. The molecule has 0 fully saturated rings. The van der Waals surface area contributed by atoms with Crippen LogP contribution in [0.4, 0.5) is 18.9 Å². The highest BCUT2D eigenvalue weighted by atomic mass is 35.5. The van der Waals surface area contributed by atoms with Gasteiger partial charge in [0.1, 0.15) is 0 Å². The molecule has 1 N–H and O–H groups in total. The largest absolute Gasteiger partial charge is 0.516 e. The normalized spacial score (nSPS) is 12.4. The van der Waals surface area contributed by atoms with Crippen molar-refractivity contribution in [2.24, 2.45) is 0 Å². The van der Waals surface area contributed by atoms with Crippen molar-refractivity contribution in [3.63, 3.8) is 0 Å². The molecule has 0 atom stereocenters. The predicted molar refractivity (Wildman–Crippen MR) is 105 cm³/mol. The number of sulfonamides is 1. The number of fused-ring (bicyclic) bond motifs is 1. The Bertz CT molecular complexity index is 1080. The second-order valence-electron chi connectivity index (χ2n) is 5.89. The highest BCUT2D eigenvalue weighted by Crippen LogP contribution is 2.35. The van der Waals surface area contributed by atoms with Crippen molar-refractivity contribution in [3.8, 4) is 0 Å². The van der Waals surface area contributed by atoms with Crippen LogP contribution < -0.4 is 4.72 Å². The van der Waals surface area contributed by atoms with Gasteiger partial charge in [-0.3, -0.25) is 4.72 Å². The lowest BCUT2D eigenvalue weighted by molar-refractivity contribution is -0.0429. The van der Waals surface area contributed by atoms with Crippen LogP contribution in [0.2, 0.25) is 5.02 Å². The lowest BCUT2D eigenvalue weighted by atomic mass is 10.1. The van der Waals surface area contributed by atoms with Gasteiger partial charge in [-0.15, -0.1) is 11.3 Å². The SMILES string of the molecule is O=S(=O)(Nc1cccc(CCOCc2sc3ccccc3c2Cl)c1)C(F)(F)F. The van der Waals surface area contributed by atoms with Gasteiger partial charge < -0.3 is 4.74 Å². The quantitative estimate of drug-likeness (QED) is 0.479. The maximum atomic E-state index is 12.5. The van der Waals surface area contributed by atoms with Crippen molar-refractivity contribution in [2.75, 3.05) is 11.3 Å². The number of thiophene rings is 1. The Balaban J connectivity index is 1.57. The van der Waals surface area contributed by atoms with E-state index in [-0.39, 0.29) is 5.69 Å². The second-order valence-corrected chi connectivity index (χ2v) is 9.08. The third-order valence-electron chi connectivity index (χ3n) is 3.85. The molecule has 0 saturated heterocycles. The standard InChI is InChI=1S/C18H15ClF3NO3S2/c19-17-14-6-1-2-7-15(14)27-16(17)11-26-9-8-12-4-3-5-13(10-12)23-28(24,25)18(20,21)22/h1-7,10,23H,8-9,11H2. The molecule has 0 saturated carbocycles. The summed E-state index contributed by atoms with van der Waals surface area (Å²) < 4.78 is 68.0. The van der Waals surface area contributed by atoms with Gasteiger partial charge >= 0.3 is 15.5 Å². The van der Waals surface area contributed by atoms with Crippen LogP contribution in [0.25, 0.3) is 10.1 Å². The van der Waals surface area contributed by atoms with Crippen LogP contribution in [0.15, 0.2) is 48.5 Å². The number of anilines is 1. The molecule has 0 amide bonds. The summed E-state index contributed by atoms with van der Waals surface area (Å²) in [6.07, 6.45) is 0.407. The molecule has 28 heavy (non-hydrogen) atoms. The van der Waals surface area contributed by atoms with E-state index in [2.05, 4.69) is 0 Å². The molecule has 0 aliphatic heterocycles. The average Bonchev–Trinajstić information content (AvgIpc) is 2.94. The first kappa shape index (κ1) is 20.9. The number of rotatable bonds is 7. The summed E-state index contributed by atoms with van der Waals surface area (Å²) in [5.74, 6) is 0. The molecule has 0 radical (unpaired) electrons. The zero-order valence-corrected chi connectivity index (χ0v) is 16.7. The number of alkyl halides is 3. The maximum absolute atomic E-state index is 12.5. The Morgan fingerprint density at radius 2 is 1.86 bits per heavy atom. The number of halogens is 4. The first-order valence-corrected chi connectivity index (χ1v) is 10.8. The van der Waals surface area contributed by atoms with Gasteiger partial charge in [-0.25, -0.2) is 0 Å². The Morgan fingerprint density at radius 3 is 2.57 bits per heavy atom.